The largest absolute Gasteiger partial charge is 0.497 e. The fourth-order valence-electron chi connectivity index (χ4n) is 3.19. The van der Waals surface area contributed by atoms with Crippen molar-refractivity contribution in [1.29, 1.82) is 0 Å². The molecule has 1 aromatic heterocycles. The summed E-state index contributed by atoms with van der Waals surface area (Å²) >= 11 is 0. The third-order valence-electron chi connectivity index (χ3n) is 4.81. The molecular formula is C22H25N3O5. The van der Waals surface area contributed by atoms with Crippen LogP contribution in [0.4, 0.5) is 4.79 Å². The number of amides is 2. The number of aromatic nitrogens is 1. The molecular weight excluding hydrogens is 386 g/mol. The number of piperazine rings is 1. The quantitative estimate of drug-likeness (QED) is 0.705. The highest BCUT2D eigenvalue weighted by Gasteiger charge is 2.27. The summed E-state index contributed by atoms with van der Waals surface area (Å²) in [6, 6.07) is 12.0. The minimum absolute atomic E-state index is 0.246. The van der Waals surface area contributed by atoms with Gasteiger partial charge in [-0.25, -0.2) is 4.79 Å². The first-order valence-corrected chi connectivity index (χ1v) is 9.78. The Balaban J connectivity index is 1.86. The highest BCUT2D eigenvalue weighted by atomic mass is 16.6. The Morgan fingerprint density at radius 3 is 2.27 bits per heavy atom. The maximum Gasteiger partial charge on any atom is 0.409 e. The van der Waals surface area contributed by atoms with Crippen LogP contribution in [-0.4, -0.2) is 66.3 Å². The Hall–Kier alpha value is -3.55. The molecule has 1 aromatic carbocycles. The second-order valence-electron chi connectivity index (χ2n) is 6.69. The normalized spacial score (nSPS) is 14.4. The van der Waals surface area contributed by atoms with Crippen molar-refractivity contribution in [3.8, 4) is 5.75 Å². The van der Waals surface area contributed by atoms with E-state index in [1.54, 1.807) is 60.4 Å². The maximum absolute atomic E-state index is 13.3. The van der Waals surface area contributed by atoms with Crippen molar-refractivity contribution in [3.05, 3.63) is 64.6 Å². The van der Waals surface area contributed by atoms with Crippen LogP contribution in [0.2, 0.25) is 0 Å². The number of carbonyl (C=O) groups excluding carboxylic acids is 2. The summed E-state index contributed by atoms with van der Waals surface area (Å²) in [6.45, 7) is 3.54. The number of pyridine rings is 1. The minimum atomic E-state index is -0.377. The van der Waals surface area contributed by atoms with Gasteiger partial charge in [0.1, 0.15) is 11.4 Å². The van der Waals surface area contributed by atoms with E-state index in [1.165, 1.54) is 10.6 Å². The highest BCUT2D eigenvalue weighted by Crippen LogP contribution is 2.18. The minimum Gasteiger partial charge on any atom is -0.497 e. The van der Waals surface area contributed by atoms with E-state index < -0.39 is 0 Å². The third kappa shape index (κ3) is 4.89. The van der Waals surface area contributed by atoms with Crippen LogP contribution in [0.1, 0.15) is 12.5 Å². The number of benzene rings is 1. The molecule has 0 radical (unpaired) electrons. The summed E-state index contributed by atoms with van der Waals surface area (Å²) in [4.78, 5) is 40.9. The Bertz CT molecular complexity index is 973. The molecule has 8 nitrogen and oxygen atoms in total. The van der Waals surface area contributed by atoms with Crippen molar-refractivity contribution in [1.82, 2.24) is 14.4 Å². The van der Waals surface area contributed by atoms with Gasteiger partial charge in [-0.2, -0.15) is 0 Å². The SMILES string of the molecule is CCOC(=O)N1CCN(C(=O)C(=Cc2ccc(OC)cc2)n2ccccc2=O)CC1. The molecule has 3 rings (SSSR count). The maximum atomic E-state index is 13.3. The first-order valence-electron chi connectivity index (χ1n) is 9.78. The lowest BCUT2D eigenvalue weighted by Gasteiger charge is -2.34. The molecule has 158 valence electrons. The van der Waals surface area contributed by atoms with Gasteiger partial charge in [0, 0.05) is 38.4 Å². The van der Waals surface area contributed by atoms with Gasteiger partial charge in [-0.05, 0) is 36.8 Å². The summed E-state index contributed by atoms with van der Waals surface area (Å²) in [6.07, 6.45) is 2.88. The van der Waals surface area contributed by atoms with Crippen LogP contribution in [0.3, 0.4) is 0 Å². The predicted octanol–water partition coefficient (Wildman–Crippen LogP) is 2.16. The van der Waals surface area contributed by atoms with Gasteiger partial charge in [-0.3, -0.25) is 14.2 Å². The van der Waals surface area contributed by atoms with E-state index in [0.29, 0.717) is 38.5 Å². The number of hydrogen-bond donors (Lipinski definition) is 0. The lowest BCUT2D eigenvalue weighted by molar-refractivity contribution is -0.126. The fraction of sp³-hybridized carbons (Fsp3) is 0.318. The molecule has 0 N–H and O–H groups in total. The van der Waals surface area contributed by atoms with Crippen molar-refractivity contribution in [2.24, 2.45) is 0 Å². The molecule has 8 heteroatoms. The van der Waals surface area contributed by atoms with Gasteiger partial charge in [0.15, 0.2) is 0 Å². The van der Waals surface area contributed by atoms with E-state index in [1.807, 2.05) is 12.1 Å². The van der Waals surface area contributed by atoms with E-state index in [-0.39, 0.29) is 23.3 Å². The Labute approximate surface area is 174 Å². The molecule has 1 fully saturated rings. The van der Waals surface area contributed by atoms with Crippen LogP contribution in [0.5, 0.6) is 5.75 Å². The van der Waals surface area contributed by atoms with Crippen LogP contribution < -0.4 is 10.3 Å². The van der Waals surface area contributed by atoms with Crippen LogP contribution in [0, 0.1) is 0 Å². The lowest BCUT2D eigenvalue weighted by atomic mass is 10.1. The molecule has 2 amide bonds. The Morgan fingerprint density at radius 1 is 1.00 bits per heavy atom. The van der Waals surface area contributed by atoms with Crippen molar-refractivity contribution in [2.75, 3.05) is 39.9 Å². The van der Waals surface area contributed by atoms with E-state index in [4.69, 9.17) is 9.47 Å². The molecule has 30 heavy (non-hydrogen) atoms. The molecule has 1 aliphatic heterocycles. The van der Waals surface area contributed by atoms with Crippen LogP contribution in [0.15, 0.2) is 53.5 Å². The molecule has 1 saturated heterocycles. The first kappa shape index (κ1) is 21.2. The summed E-state index contributed by atoms with van der Waals surface area (Å²) in [5, 5.41) is 0. The molecule has 2 heterocycles. The molecule has 0 atom stereocenters. The smallest absolute Gasteiger partial charge is 0.409 e. The van der Waals surface area contributed by atoms with E-state index in [9.17, 15) is 14.4 Å². The van der Waals surface area contributed by atoms with Crippen molar-refractivity contribution < 1.29 is 19.1 Å². The zero-order valence-corrected chi connectivity index (χ0v) is 17.1. The molecule has 0 aliphatic carbocycles. The Morgan fingerprint density at radius 2 is 1.67 bits per heavy atom. The second kappa shape index (κ2) is 9.78. The summed E-state index contributed by atoms with van der Waals surface area (Å²) in [5.74, 6) is 0.426. The summed E-state index contributed by atoms with van der Waals surface area (Å²) in [5.41, 5.74) is 0.714. The van der Waals surface area contributed by atoms with Crippen LogP contribution in [0.25, 0.3) is 11.8 Å². The first-order chi connectivity index (χ1) is 14.5. The number of hydrogen-bond acceptors (Lipinski definition) is 5. The topological polar surface area (TPSA) is 81.1 Å². The van der Waals surface area contributed by atoms with Gasteiger partial charge in [-0.1, -0.05) is 18.2 Å². The van der Waals surface area contributed by atoms with Crippen molar-refractivity contribution in [2.45, 2.75) is 6.92 Å². The lowest BCUT2D eigenvalue weighted by Crippen LogP contribution is -2.51. The van der Waals surface area contributed by atoms with Gasteiger partial charge in [0.05, 0.1) is 13.7 Å². The van der Waals surface area contributed by atoms with Gasteiger partial charge < -0.3 is 19.3 Å². The zero-order valence-electron chi connectivity index (χ0n) is 17.1. The second-order valence-corrected chi connectivity index (χ2v) is 6.69. The summed E-state index contributed by atoms with van der Waals surface area (Å²) < 4.78 is 11.5. The molecule has 0 bridgehead atoms. The number of carbonyl (C=O) groups is 2. The van der Waals surface area contributed by atoms with E-state index in [0.717, 1.165) is 5.56 Å². The van der Waals surface area contributed by atoms with Gasteiger partial charge in [0.2, 0.25) is 0 Å². The number of ether oxygens (including phenoxy) is 2. The molecule has 1 aliphatic rings. The van der Waals surface area contributed by atoms with Crippen molar-refractivity contribution in [3.63, 3.8) is 0 Å². The third-order valence-corrected chi connectivity index (χ3v) is 4.81. The average molecular weight is 411 g/mol. The van der Waals surface area contributed by atoms with E-state index in [2.05, 4.69) is 0 Å². The molecule has 0 saturated carbocycles. The molecule has 2 aromatic rings. The number of rotatable bonds is 5. The van der Waals surface area contributed by atoms with Crippen LogP contribution in [-0.2, 0) is 9.53 Å². The summed E-state index contributed by atoms with van der Waals surface area (Å²) in [7, 11) is 1.58. The predicted molar refractivity (Wildman–Crippen MR) is 113 cm³/mol. The highest BCUT2D eigenvalue weighted by molar-refractivity contribution is 6.18. The average Bonchev–Trinajstić information content (AvgIpc) is 2.78. The standard InChI is InChI=1S/C22H25N3O5/c1-3-30-22(28)24-14-12-23(13-15-24)21(27)19(25-11-5-4-6-20(25)26)16-17-7-9-18(29-2)10-8-17/h4-11,16H,3,12-15H2,1-2H3. The number of nitrogens with zero attached hydrogens (tertiary/aromatic N) is 3. The van der Waals surface area contributed by atoms with Crippen molar-refractivity contribution >= 4 is 23.8 Å². The van der Waals surface area contributed by atoms with Crippen LogP contribution >= 0.6 is 0 Å². The zero-order chi connectivity index (χ0) is 21.5. The fourth-order valence-corrected chi connectivity index (χ4v) is 3.19. The van der Waals surface area contributed by atoms with E-state index >= 15 is 0 Å². The number of methoxy groups -OCH3 is 1. The van der Waals surface area contributed by atoms with Gasteiger partial charge >= 0.3 is 6.09 Å². The monoisotopic (exact) mass is 411 g/mol. The molecule has 0 spiro atoms. The Kier molecular flexibility index (Phi) is 6.90. The molecule has 0 unspecified atom stereocenters. The van der Waals surface area contributed by atoms with Gasteiger partial charge in [0.25, 0.3) is 11.5 Å². The van der Waals surface area contributed by atoms with Gasteiger partial charge in [-0.15, -0.1) is 0 Å².